The highest BCUT2D eigenvalue weighted by atomic mass is 19.4. The predicted octanol–water partition coefficient (Wildman–Crippen LogP) is 2.03. The van der Waals surface area contributed by atoms with Crippen molar-refractivity contribution >= 4 is 5.84 Å². The van der Waals surface area contributed by atoms with Gasteiger partial charge in [-0.3, -0.25) is 5.41 Å². The van der Waals surface area contributed by atoms with E-state index in [1.807, 2.05) is 0 Å². The summed E-state index contributed by atoms with van der Waals surface area (Å²) in [5, 5.41) is 7.13. The molecule has 1 aromatic carbocycles. The molecule has 0 aliphatic rings. The normalized spacial score (nSPS) is 15.5. The minimum absolute atomic E-state index is 0.211. The van der Waals surface area contributed by atoms with Crippen LogP contribution in [-0.4, -0.2) is 19.1 Å². The molecule has 0 spiro atoms. The molecule has 3 nitrogen and oxygen atoms in total. The average Bonchev–Trinajstić information content (AvgIpc) is 2.18. The summed E-state index contributed by atoms with van der Waals surface area (Å²) in [6, 6.07) is 6.87. The SMILES string of the molecule is COC(C(=N)N)(c1ccccc1)C(F)(F)F. The number of amidine groups is 1. The predicted molar refractivity (Wildman–Crippen MR) is 53.1 cm³/mol. The Kier molecular flexibility index (Phi) is 3.23. The summed E-state index contributed by atoms with van der Waals surface area (Å²) in [5.74, 6) is -1.09. The standard InChI is InChI=1S/C10H11F3N2O/c1-16-9(8(14)15,10(11,12)13)7-5-3-2-4-6-7/h2-6H,1H3,(H3,14,15). The van der Waals surface area contributed by atoms with Crippen LogP contribution in [0.25, 0.3) is 0 Å². The molecule has 1 rings (SSSR count). The van der Waals surface area contributed by atoms with Gasteiger partial charge in [0.25, 0.3) is 0 Å². The maximum absolute atomic E-state index is 13.0. The van der Waals surface area contributed by atoms with Crippen LogP contribution in [-0.2, 0) is 10.3 Å². The minimum atomic E-state index is -4.78. The van der Waals surface area contributed by atoms with Gasteiger partial charge >= 0.3 is 6.18 Å². The van der Waals surface area contributed by atoms with Crippen molar-refractivity contribution in [3.05, 3.63) is 35.9 Å². The molecule has 0 amide bonds. The molecule has 1 atom stereocenters. The van der Waals surface area contributed by atoms with Crippen molar-refractivity contribution in [1.29, 1.82) is 5.41 Å². The maximum Gasteiger partial charge on any atom is 0.429 e. The van der Waals surface area contributed by atoms with Crippen LogP contribution in [0.3, 0.4) is 0 Å². The summed E-state index contributed by atoms with van der Waals surface area (Å²) in [4.78, 5) is 0. The number of ether oxygens (including phenoxy) is 1. The zero-order valence-corrected chi connectivity index (χ0v) is 8.51. The van der Waals surface area contributed by atoms with Crippen LogP contribution in [0.4, 0.5) is 13.2 Å². The average molecular weight is 232 g/mol. The number of hydrogen-bond acceptors (Lipinski definition) is 2. The van der Waals surface area contributed by atoms with Gasteiger partial charge in [0.05, 0.1) is 0 Å². The fourth-order valence-electron chi connectivity index (χ4n) is 1.49. The Morgan fingerprint density at radius 2 is 1.75 bits per heavy atom. The van der Waals surface area contributed by atoms with Crippen molar-refractivity contribution in [2.75, 3.05) is 7.11 Å². The van der Waals surface area contributed by atoms with Gasteiger partial charge in [0.15, 0.2) is 0 Å². The van der Waals surface area contributed by atoms with E-state index in [9.17, 15) is 13.2 Å². The van der Waals surface area contributed by atoms with E-state index in [-0.39, 0.29) is 5.56 Å². The molecule has 0 aromatic heterocycles. The molecule has 0 bridgehead atoms. The van der Waals surface area contributed by atoms with Crippen LogP contribution < -0.4 is 5.73 Å². The maximum atomic E-state index is 13.0. The number of nitrogens with one attached hydrogen (secondary N) is 1. The van der Waals surface area contributed by atoms with Gasteiger partial charge in [-0.1, -0.05) is 30.3 Å². The number of nitrogens with two attached hydrogens (primary N) is 1. The van der Waals surface area contributed by atoms with Crippen molar-refractivity contribution in [2.24, 2.45) is 5.73 Å². The Balaban J connectivity index is 3.42. The van der Waals surface area contributed by atoms with Crippen molar-refractivity contribution < 1.29 is 17.9 Å². The summed E-state index contributed by atoms with van der Waals surface area (Å²) < 4.78 is 43.4. The van der Waals surface area contributed by atoms with E-state index >= 15 is 0 Å². The highest BCUT2D eigenvalue weighted by Crippen LogP contribution is 2.41. The lowest BCUT2D eigenvalue weighted by atomic mass is 9.91. The van der Waals surface area contributed by atoms with Crippen LogP contribution in [0, 0.1) is 5.41 Å². The van der Waals surface area contributed by atoms with Gasteiger partial charge in [-0.05, 0) is 0 Å². The summed E-state index contributed by atoms with van der Waals surface area (Å²) in [6.45, 7) is 0. The van der Waals surface area contributed by atoms with Crippen molar-refractivity contribution in [3.8, 4) is 0 Å². The molecule has 0 heterocycles. The third kappa shape index (κ3) is 1.76. The van der Waals surface area contributed by atoms with Gasteiger partial charge in [0, 0.05) is 12.7 Å². The Labute approximate surface area is 90.5 Å². The molecular weight excluding hydrogens is 221 g/mol. The van der Waals surface area contributed by atoms with Gasteiger partial charge in [0.1, 0.15) is 5.84 Å². The molecule has 16 heavy (non-hydrogen) atoms. The molecule has 3 N–H and O–H groups in total. The van der Waals surface area contributed by atoms with Crippen LogP contribution in [0.5, 0.6) is 0 Å². The van der Waals surface area contributed by atoms with E-state index in [4.69, 9.17) is 11.1 Å². The first kappa shape index (κ1) is 12.5. The van der Waals surface area contributed by atoms with Crippen molar-refractivity contribution in [1.82, 2.24) is 0 Å². The summed E-state index contributed by atoms with van der Waals surface area (Å²) in [5.41, 5.74) is 1.96. The molecule has 1 unspecified atom stereocenters. The van der Waals surface area contributed by atoms with Gasteiger partial charge in [-0.25, -0.2) is 0 Å². The number of methoxy groups -OCH3 is 1. The second-order valence-corrected chi connectivity index (χ2v) is 3.16. The number of hydrogen-bond donors (Lipinski definition) is 2. The zero-order valence-electron chi connectivity index (χ0n) is 8.51. The quantitative estimate of drug-likeness (QED) is 0.618. The number of halogens is 3. The third-order valence-electron chi connectivity index (χ3n) is 2.26. The van der Waals surface area contributed by atoms with Gasteiger partial charge in [0.2, 0.25) is 5.60 Å². The molecule has 88 valence electrons. The van der Waals surface area contributed by atoms with Gasteiger partial charge in [-0.2, -0.15) is 13.2 Å². The van der Waals surface area contributed by atoms with Gasteiger partial charge < -0.3 is 10.5 Å². The Morgan fingerprint density at radius 1 is 1.25 bits per heavy atom. The van der Waals surface area contributed by atoms with E-state index in [0.717, 1.165) is 7.11 Å². The lowest BCUT2D eigenvalue weighted by Gasteiger charge is -2.33. The van der Waals surface area contributed by atoms with E-state index in [2.05, 4.69) is 4.74 Å². The molecule has 0 aliphatic carbocycles. The fourth-order valence-corrected chi connectivity index (χ4v) is 1.49. The third-order valence-corrected chi connectivity index (χ3v) is 2.26. The molecule has 0 radical (unpaired) electrons. The first-order valence-electron chi connectivity index (χ1n) is 4.38. The molecule has 0 aliphatic heterocycles. The molecule has 0 fully saturated rings. The second kappa shape index (κ2) is 4.13. The fraction of sp³-hybridized carbons (Fsp3) is 0.300. The van der Waals surface area contributed by atoms with Crippen LogP contribution >= 0.6 is 0 Å². The number of alkyl halides is 3. The highest BCUT2D eigenvalue weighted by Gasteiger charge is 2.59. The summed E-state index contributed by atoms with van der Waals surface area (Å²) in [6.07, 6.45) is -4.78. The van der Waals surface area contributed by atoms with E-state index in [0.29, 0.717) is 0 Å². The zero-order chi connectivity index (χ0) is 12.4. The Hall–Kier alpha value is -1.56. The number of rotatable bonds is 3. The summed E-state index contributed by atoms with van der Waals surface area (Å²) >= 11 is 0. The molecular formula is C10H11F3N2O. The van der Waals surface area contributed by atoms with E-state index in [1.165, 1.54) is 24.3 Å². The van der Waals surface area contributed by atoms with Crippen LogP contribution in [0.15, 0.2) is 30.3 Å². The minimum Gasteiger partial charge on any atom is -0.385 e. The number of benzene rings is 1. The van der Waals surface area contributed by atoms with Crippen LogP contribution in [0.2, 0.25) is 0 Å². The largest absolute Gasteiger partial charge is 0.429 e. The van der Waals surface area contributed by atoms with E-state index in [1.54, 1.807) is 6.07 Å². The molecule has 6 heteroatoms. The lowest BCUT2D eigenvalue weighted by Crippen LogP contribution is -2.53. The monoisotopic (exact) mass is 232 g/mol. The molecule has 0 saturated heterocycles. The molecule has 0 saturated carbocycles. The van der Waals surface area contributed by atoms with Crippen LogP contribution in [0.1, 0.15) is 5.56 Å². The van der Waals surface area contributed by atoms with Gasteiger partial charge in [-0.15, -0.1) is 0 Å². The highest BCUT2D eigenvalue weighted by molar-refractivity contribution is 5.88. The Morgan fingerprint density at radius 3 is 2.06 bits per heavy atom. The molecule has 1 aromatic rings. The van der Waals surface area contributed by atoms with Crippen molar-refractivity contribution in [2.45, 2.75) is 11.8 Å². The first-order valence-corrected chi connectivity index (χ1v) is 4.38. The summed E-state index contributed by atoms with van der Waals surface area (Å²) in [7, 11) is 0.877. The Bertz CT molecular complexity index is 377. The topological polar surface area (TPSA) is 59.1 Å². The smallest absolute Gasteiger partial charge is 0.385 e. The van der Waals surface area contributed by atoms with E-state index < -0.39 is 17.6 Å². The van der Waals surface area contributed by atoms with Crippen molar-refractivity contribution in [3.63, 3.8) is 0 Å². The second-order valence-electron chi connectivity index (χ2n) is 3.16. The lowest BCUT2D eigenvalue weighted by molar-refractivity contribution is -0.246. The first-order chi connectivity index (χ1) is 7.36.